The lowest BCUT2D eigenvalue weighted by molar-refractivity contribution is -0.140. The highest BCUT2D eigenvalue weighted by atomic mass is 16.6. The van der Waals surface area contributed by atoms with Crippen molar-refractivity contribution < 1.29 is 23.9 Å². The van der Waals surface area contributed by atoms with E-state index in [0.29, 0.717) is 23.4 Å². The molecule has 0 fully saturated rings. The average molecular weight is 524 g/mol. The third-order valence-electron chi connectivity index (χ3n) is 5.71. The maximum absolute atomic E-state index is 14.0. The SMILES string of the molecule is C=CCN(C(=O)C(CC(C)C)NC(=O)OC(C)(C)C)C(C(=O)Nc1ccc(OC)cc1)c1ccccc1C. The van der Waals surface area contributed by atoms with Gasteiger partial charge in [0.05, 0.1) is 7.11 Å². The molecule has 0 radical (unpaired) electrons. The predicted molar refractivity (Wildman–Crippen MR) is 150 cm³/mol. The van der Waals surface area contributed by atoms with E-state index < -0.39 is 29.7 Å². The highest BCUT2D eigenvalue weighted by Gasteiger charge is 2.36. The van der Waals surface area contributed by atoms with Gasteiger partial charge in [0.15, 0.2) is 0 Å². The van der Waals surface area contributed by atoms with E-state index in [1.165, 1.54) is 4.90 Å². The standard InChI is InChI=1S/C30H41N3O5/c1-9-18-33(28(35)25(19-20(2)3)32-29(36)38-30(5,6)7)26(24-13-11-10-12-21(24)4)27(34)31-22-14-16-23(37-8)17-15-22/h9-17,20,25-26H,1,18-19H2,2-8H3,(H,31,34)(H,32,36). The van der Waals surface area contributed by atoms with E-state index in [2.05, 4.69) is 17.2 Å². The molecule has 0 heterocycles. The minimum absolute atomic E-state index is 0.0921. The number of amides is 3. The molecule has 0 aliphatic rings. The van der Waals surface area contributed by atoms with Crippen LogP contribution in [0.5, 0.6) is 5.75 Å². The molecular formula is C30H41N3O5. The van der Waals surface area contributed by atoms with Crippen LogP contribution in [0.15, 0.2) is 61.2 Å². The molecule has 2 aromatic carbocycles. The summed E-state index contributed by atoms with van der Waals surface area (Å²) >= 11 is 0. The average Bonchev–Trinajstić information content (AvgIpc) is 2.83. The summed E-state index contributed by atoms with van der Waals surface area (Å²) in [6.45, 7) is 15.0. The number of nitrogens with zero attached hydrogens (tertiary/aromatic N) is 1. The van der Waals surface area contributed by atoms with Crippen molar-refractivity contribution in [1.29, 1.82) is 0 Å². The molecule has 2 aromatic rings. The first kappa shape index (κ1) is 30.4. The third kappa shape index (κ3) is 8.94. The number of benzene rings is 2. The summed E-state index contributed by atoms with van der Waals surface area (Å²) in [4.78, 5) is 42.0. The Morgan fingerprint density at radius 2 is 1.68 bits per heavy atom. The number of alkyl carbamates (subject to hydrolysis) is 1. The monoisotopic (exact) mass is 523 g/mol. The number of ether oxygens (including phenoxy) is 2. The molecular weight excluding hydrogens is 482 g/mol. The molecule has 0 spiro atoms. The number of hydrogen-bond acceptors (Lipinski definition) is 5. The Kier molecular flexibility index (Phi) is 10.9. The first-order valence-electron chi connectivity index (χ1n) is 12.8. The van der Waals surface area contributed by atoms with Crippen molar-refractivity contribution in [3.05, 3.63) is 72.3 Å². The molecule has 8 heteroatoms. The number of carbonyl (C=O) groups is 3. The summed E-state index contributed by atoms with van der Waals surface area (Å²) in [6, 6.07) is 12.5. The lowest BCUT2D eigenvalue weighted by Crippen LogP contribution is -2.53. The Hall–Kier alpha value is -3.81. The molecule has 0 bridgehead atoms. The second kappa shape index (κ2) is 13.7. The molecule has 2 rings (SSSR count). The normalized spacial score (nSPS) is 12.7. The number of methoxy groups -OCH3 is 1. The fourth-order valence-electron chi connectivity index (χ4n) is 4.03. The molecule has 0 aromatic heterocycles. The fourth-order valence-corrected chi connectivity index (χ4v) is 4.03. The number of rotatable bonds is 11. The zero-order valence-corrected chi connectivity index (χ0v) is 23.5. The highest BCUT2D eigenvalue weighted by Crippen LogP contribution is 2.28. The lowest BCUT2D eigenvalue weighted by Gasteiger charge is -2.35. The maximum atomic E-state index is 14.0. The van der Waals surface area contributed by atoms with Gasteiger partial charge < -0.3 is 25.0 Å². The topological polar surface area (TPSA) is 97.0 Å². The van der Waals surface area contributed by atoms with E-state index >= 15 is 0 Å². The van der Waals surface area contributed by atoms with Crippen molar-refractivity contribution >= 4 is 23.6 Å². The van der Waals surface area contributed by atoms with Crippen LogP contribution in [0.2, 0.25) is 0 Å². The largest absolute Gasteiger partial charge is 0.497 e. The minimum Gasteiger partial charge on any atom is -0.497 e. The maximum Gasteiger partial charge on any atom is 0.408 e. The van der Waals surface area contributed by atoms with E-state index in [-0.39, 0.29) is 18.4 Å². The summed E-state index contributed by atoms with van der Waals surface area (Å²) < 4.78 is 10.6. The smallest absolute Gasteiger partial charge is 0.408 e. The van der Waals surface area contributed by atoms with E-state index in [1.807, 2.05) is 45.0 Å². The number of nitrogens with one attached hydrogen (secondary N) is 2. The number of aryl methyl sites for hydroxylation is 1. The summed E-state index contributed by atoms with van der Waals surface area (Å²) in [7, 11) is 1.57. The third-order valence-corrected chi connectivity index (χ3v) is 5.71. The lowest BCUT2D eigenvalue weighted by atomic mass is 9.96. The zero-order chi connectivity index (χ0) is 28.5. The molecule has 0 aliphatic carbocycles. The van der Waals surface area contributed by atoms with Crippen molar-refractivity contribution in [2.45, 2.75) is 65.6 Å². The van der Waals surface area contributed by atoms with Gasteiger partial charge in [0, 0.05) is 12.2 Å². The van der Waals surface area contributed by atoms with Gasteiger partial charge in [0.1, 0.15) is 23.4 Å². The van der Waals surface area contributed by atoms with Crippen molar-refractivity contribution in [1.82, 2.24) is 10.2 Å². The quantitative estimate of drug-likeness (QED) is 0.372. The molecule has 0 aliphatic heterocycles. The molecule has 0 saturated carbocycles. The van der Waals surface area contributed by atoms with Crippen LogP contribution in [0.25, 0.3) is 0 Å². The first-order valence-corrected chi connectivity index (χ1v) is 12.8. The van der Waals surface area contributed by atoms with Gasteiger partial charge in [-0.3, -0.25) is 9.59 Å². The Morgan fingerprint density at radius 1 is 1.05 bits per heavy atom. The van der Waals surface area contributed by atoms with Gasteiger partial charge in [-0.15, -0.1) is 6.58 Å². The van der Waals surface area contributed by atoms with Crippen LogP contribution in [0.4, 0.5) is 10.5 Å². The Balaban J connectivity index is 2.50. The molecule has 38 heavy (non-hydrogen) atoms. The van der Waals surface area contributed by atoms with Crippen LogP contribution in [0.1, 0.15) is 58.2 Å². The molecule has 2 unspecified atom stereocenters. The summed E-state index contributed by atoms with van der Waals surface area (Å²) in [6.07, 6.45) is 1.25. The predicted octanol–water partition coefficient (Wildman–Crippen LogP) is 5.64. The van der Waals surface area contributed by atoms with Crippen LogP contribution in [0.3, 0.4) is 0 Å². The van der Waals surface area contributed by atoms with E-state index in [9.17, 15) is 14.4 Å². The van der Waals surface area contributed by atoms with E-state index in [4.69, 9.17) is 9.47 Å². The Morgan fingerprint density at radius 3 is 2.21 bits per heavy atom. The van der Waals surface area contributed by atoms with Crippen LogP contribution in [0, 0.1) is 12.8 Å². The molecule has 206 valence electrons. The van der Waals surface area contributed by atoms with Crippen LogP contribution < -0.4 is 15.4 Å². The first-order chi connectivity index (χ1) is 17.9. The van der Waals surface area contributed by atoms with E-state index in [1.54, 1.807) is 58.2 Å². The van der Waals surface area contributed by atoms with Crippen LogP contribution in [-0.2, 0) is 14.3 Å². The highest BCUT2D eigenvalue weighted by molar-refractivity contribution is 5.99. The summed E-state index contributed by atoms with van der Waals surface area (Å²) in [5.74, 6) is -0.0380. The van der Waals surface area contributed by atoms with Crippen molar-refractivity contribution in [3.8, 4) is 5.75 Å². The van der Waals surface area contributed by atoms with Crippen molar-refractivity contribution in [3.63, 3.8) is 0 Å². The van der Waals surface area contributed by atoms with Crippen molar-refractivity contribution in [2.75, 3.05) is 19.0 Å². The van der Waals surface area contributed by atoms with Gasteiger partial charge in [0.2, 0.25) is 5.91 Å². The zero-order valence-electron chi connectivity index (χ0n) is 23.5. The van der Waals surface area contributed by atoms with Gasteiger partial charge in [-0.2, -0.15) is 0 Å². The van der Waals surface area contributed by atoms with Gasteiger partial charge >= 0.3 is 6.09 Å². The van der Waals surface area contributed by atoms with Gasteiger partial charge in [0.25, 0.3) is 5.91 Å². The molecule has 3 amide bonds. The number of anilines is 1. The number of hydrogen-bond donors (Lipinski definition) is 2. The fraction of sp³-hybridized carbons (Fsp3) is 0.433. The molecule has 8 nitrogen and oxygen atoms in total. The number of carbonyl (C=O) groups excluding carboxylic acids is 3. The van der Waals surface area contributed by atoms with Crippen LogP contribution in [-0.4, -0.2) is 48.1 Å². The van der Waals surface area contributed by atoms with Crippen molar-refractivity contribution in [2.24, 2.45) is 5.92 Å². The second-order valence-electron chi connectivity index (χ2n) is 10.6. The van der Waals surface area contributed by atoms with Crippen LogP contribution >= 0.6 is 0 Å². The summed E-state index contributed by atoms with van der Waals surface area (Å²) in [5.41, 5.74) is 1.36. The minimum atomic E-state index is -0.973. The molecule has 2 N–H and O–H groups in total. The van der Waals surface area contributed by atoms with Gasteiger partial charge in [-0.05, 0) is 75.4 Å². The Bertz CT molecular complexity index is 1110. The molecule has 2 atom stereocenters. The van der Waals surface area contributed by atoms with E-state index in [0.717, 1.165) is 5.56 Å². The second-order valence-corrected chi connectivity index (χ2v) is 10.6. The van der Waals surface area contributed by atoms with Gasteiger partial charge in [-0.25, -0.2) is 4.79 Å². The Labute approximate surface area is 226 Å². The summed E-state index contributed by atoms with van der Waals surface area (Å²) in [5, 5.41) is 5.66. The van der Waals surface area contributed by atoms with Gasteiger partial charge in [-0.1, -0.05) is 44.2 Å². The molecule has 0 saturated heterocycles.